The lowest BCUT2D eigenvalue weighted by Gasteiger charge is -2.16. The van der Waals surface area contributed by atoms with Gasteiger partial charge in [-0.05, 0) is 70.7 Å². The molecular weight excluding hydrogens is 220 g/mol. The Kier molecular flexibility index (Phi) is 5.40. The smallest absolute Gasteiger partial charge is 0.0376 e. The molecule has 0 spiro atoms. The fourth-order valence-electron chi connectivity index (χ4n) is 2.94. The van der Waals surface area contributed by atoms with Gasteiger partial charge in [-0.15, -0.1) is 11.6 Å². The summed E-state index contributed by atoms with van der Waals surface area (Å²) in [5.41, 5.74) is 0. The summed E-state index contributed by atoms with van der Waals surface area (Å²) in [6.45, 7) is 6.23. The fraction of sp³-hybridized carbons (Fsp3) is 1.00. The number of hydrogen-bond donors (Lipinski definition) is 1. The Labute approximate surface area is 105 Å². The Morgan fingerprint density at radius 1 is 1.12 bits per heavy atom. The molecule has 0 aromatic rings. The number of alkyl halides is 1. The molecule has 2 aliphatic rings. The van der Waals surface area contributed by atoms with Crippen LogP contribution in [0.3, 0.4) is 0 Å². The lowest BCUT2D eigenvalue weighted by Crippen LogP contribution is -2.29. The highest BCUT2D eigenvalue weighted by molar-refractivity contribution is 6.20. The van der Waals surface area contributed by atoms with E-state index in [0.717, 1.165) is 19.0 Å². The summed E-state index contributed by atoms with van der Waals surface area (Å²) in [6, 6.07) is 0. The lowest BCUT2D eigenvalue weighted by molar-refractivity contribution is 0.329. The van der Waals surface area contributed by atoms with E-state index in [4.69, 9.17) is 11.6 Å². The highest BCUT2D eigenvalue weighted by atomic mass is 35.5. The first-order valence-corrected chi connectivity index (χ1v) is 7.37. The second-order valence-electron chi connectivity index (χ2n) is 5.31. The van der Waals surface area contributed by atoms with Gasteiger partial charge >= 0.3 is 0 Å². The van der Waals surface area contributed by atoms with Crippen molar-refractivity contribution < 1.29 is 0 Å². The molecule has 0 bridgehead atoms. The van der Waals surface area contributed by atoms with E-state index in [-0.39, 0.29) is 0 Å². The number of likely N-dealkylation sites (tertiary alicyclic amines) is 1. The van der Waals surface area contributed by atoms with Gasteiger partial charge in [0.2, 0.25) is 0 Å². The molecule has 94 valence electrons. The molecule has 2 rings (SSSR count). The van der Waals surface area contributed by atoms with E-state index in [1.54, 1.807) is 0 Å². The molecule has 1 saturated carbocycles. The summed E-state index contributed by atoms with van der Waals surface area (Å²) in [5, 5.41) is 4.01. The SMILES string of the molecule is ClC1CCCC1CNCCCN1CCCC1. The van der Waals surface area contributed by atoms with Gasteiger partial charge in [0.15, 0.2) is 0 Å². The topological polar surface area (TPSA) is 15.3 Å². The third-order valence-electron chi connectivity index (χ3n) is 4.00. The van der Waals surface area contributed by atoms with Crippen LogP contribution in [0.1, 0.15) is 38.5 Å². The molecular formula is C13H25ClN2. The van der Waals surface area contributed by atoms with Crippen LogP contribution in [0.2, 0.25) is 0 Å². The molecule has 2 nitrogen and oxygen atoms in total. The summed E-state index contributed by atoms with van der Waals surface area (Å²) < 4.78 is 0. The fourth-order valence-corrected chi connectivity index (χ4v) is 3.31. The van der Waals surface area contributed by atoms with Crippen LogP contribution in [-0.4, -0.2) is 43.0 Å². The van der Waals surface area contributed by atoms with E-state index in [9.17, 15) is 0 Å². The van der Waals surface area contributed by atoms with Gasteiger partial charge in [-0.1, -0.05) is 6.42 Å². The van der Waals surface area contributed by atoms with Crippen molar-refractivity contribution in [3.8, 4) is 0 Å². The van der Waals surface area contributed by atoms with Crippen LogP contribution in [0.25, 0.3) is 0 Å². The molecule has 16 heavy (non-hydrogen) atoms. The molecule has 2 unspecified atom stereocenters. The Morgan fingerprint density at radius 3 is 2.62 bits per heavy atom. The highest BCUT2D eigenvalue weighted by Crippen LogP contribution is 2.29. The number of nitrogens with zero attached hydrogens (tertiary/aromatic N) is 1. The summed E-state index contributed by atoms with van der Waals surface area (Å²) in [6.07, 6.45) is 7.98. The maximum atomic E-state index is 6.25. The second-order valence-corrected chi connectivity index (χ2v) is 5.87. The maximum absolute atomic E-state index is 6.25. The average molecular weight is 245 g/mol. The van der Waals surface area contributed by atoms with E-state index in [1.807, 2.05) is 0 Å². The first-order valence-electron chi connectivity index (χ1n) is 6.93. The van der Waals surface area contributed by atoms with Gasteiger partial charge < -0.3 is 10.2 Å². The van der Waals surface area contributed by atoms with Gasteiger partial charge in [-0.3, -0.25) is 0 Å². The van der Waals surface area contributed by atoms with Crippen molar-refractivity contribution in [2.45, 2.75) is 43.9 Å². The Balaban J connectivity index is 1.45. The van der Waals surface area contributed by atoms with E-state index >= 15 is 0 Å². The van der Waals surface area contributed by atoms with Crippen molar-refractivity contribution in [2.24, 2.45) is 5.92 Å². The van der Waals surface area contributed by atoms with Gasteiger partial charge in [0.1, 0.15) is 0 Å². The van der Waals surface area contributed by atoms with Crippen molar-refractivity contribution >= 4 is 11.6 Å². The van der Waals surface area contributed by atoms with Gasteiger partial charge in [0.05, 0.1) is 0 Å². The van der Waals surface area contributed by atoms with Crippen molar-refractivity contribution in [2.75, 3.05) is 32.7 Å². The number of nitrogens with one attached hydrogen (secondary N) is 1. The van der Waals surface area contributed by atoms with Gasteiger partial charge in [0.25, 0.3) is 0 Å². The van der Waals surface area contributed by atoms with Crippen LogP contribution in [0.4, 0.5) is 0 Å². The monoisotopic (exact) mass is 244 g/mol. The summed E-state index contributed by atoms with van der Waals surface area (Å²) >= 11 is 6.25. The van der Waals surface area contributed by atoms with Gasteiger partial charge in [-0.2, -0.15) is 0 Å². The zero-order valence-corrected chi connectivity index (χ0v) is 11.0. The largest absolute Gasteiger partial charge is 0.316 e. The highest BCUT2D eigenvalue weighted by Gasteiger charge is 2.24. The van der Waals surface area contributed by atoms with Crippen molar-refractivity contribution in [1.82, 2.24) is 10.2 Å². The van der Waals surface area contributed by atoms with Crippen molar-refractivity contribution in [1.29, 1.82) is 0 Å². The number of hydrogen-bond acceptors (Lipinski definition) is 2. The lowest BCUT2D eigenvalue weighted by atomic mass is 10.1. The Bertz CT molecular complexity index is 192. The van der Waals surface area contributed by atoms with E-state index in [2.05, 4.69) is 10.2 Å². The normalized spacial score (nSPS) is 31.3. The first-order chi connectivity index (χ1) is 7.86. The minimum absolute atomic E-state index is 0.436. The predicted molar refractivity (Wildman–Crippen MR) is 70.1 cm³/mol. The number of rotatable bonds is 6. The predicted octanol–water partition coefficient (Wildman–Crippen LogP) is 2.47. The zero-order valence-electron chi connectivity index (χ0n) is 10.3. The second kappa shape index (κ2) is 6.83. The molecule has 1 heterocycles. The molecule has 1 N–H and O–H groups in total. The Morgan fingerprint density at radius 2 is 1.94 bits per heavy atom. The first kappa shape index (κ1) is 12.7. The molecule has 2 atom stereocenters. The summed E-state index contributed by atoms with van der Waals surface area (Å²) in [4.78, 5) is 2.58. The molecule has 1 aliphatic heterocycles. The molecule has 0 aromatic heterocycles. The third-order valence-corrected chi connectivity index (χ3v) is 4.57. The molecule has 0 amide bonds. The van der Waals surface area contributed by atoms with E-state index in [0.29, 0.717) is 5.38 Å². The van der Waals surface area contributed by atoms with Gasteiger partial charge in [-0.25, -0.2) is 0 Å². The summed E-state index contributed by atoms with van der Waals surface area (Å²) in [5.74, 6) is 0.730. The maximum Gasteiger partial charge on any atom is 0.0376 e. The van der Waals surface area contributed by atoms with Crippen LogP contribution in [0.5, 0.6) is 0 Å². The molecule has 2 fully saturated rings. The molecule has 3 heteroatoms. The van der Waals surface area contributed by atoms with Crippen LogP contribution < -0.4 is 5.32 Å². The molecule has 0 radical (unpaired) electrons. The van der Waals surface area contributed by atoms with E-state index in [1.165, 1.54) is 58.2 Å². The molecule has 1 aliphatic carbocycles. The van der Waals surface area contributed by atoms with Crippen LogP contribution in [0, 0.1) is 5.92 Å². The van der Waals surface area contributed by atoms with Crippen LogP contribution in [-0.2, 0) is 0 Å². The Hall–Kier alpha value is 0.210. The quantitative estimate of drug-likeness (QED) is 0.571. The molecule has 0 aromatic carbocycles. The average Bonchev–Trinajstić information content (AvgIpc) is 2.90. The van der Waals surface area contributed by atoms with Gasteiger partial charge in [0, 0.05) is 5.38 Å². The van der Waals surface area contributed by atoms with Crippen LogP contribution >= 0.6 is 11.6 Å². The zero-order chi connectivity index (χ0) is 11.2. The minimum Gasteiger partial charge on any atom is -0.316 e. The van der Waals surface area contributed by atoms with Crippen LogP contribution in [0.15, 0.2) is 0 Å². The van der Waals surface area contributed by atoms with E-state index < -0.39 is 0 Å². The minimum atomic E-state index is 0.436. The number of halogens is 1. The standard InChI is InChI=1S/C13H25ClN2/c14-13-6-3-5-12(13)11-15-7-4-10-16-8-1-2-9-16/h12-13,15H,1-11H2. The molecule has 1 saturated heterocycles. The third kappa shape index (κ3) is 3.90. The van der Waals surface area contributed by atoms with Crippen molar-refractivity contribution in [3.63, 3.8) is 0 Å². The van der Waals surface area contributed by atoms with Crippen molar-refractivity contribution in [3.05, 3.63) is 0 Å². The summed E-state index contributed by atoms with van der Waals surface area (Å²) in [7, 11) is 0.